The number of halogens is 2. The van der Waals surface area contributed by atoms with Gasteiger partial charge in [-0.3, -0.25) is 4.90 Å². The topological polar surface area (TPSA) is 43.7 Å². The largest absolute Gasteiger partial charge is 0.396 e. The number of piperidine rings is 1. The van der Waals surface area contributed by atoms with Gasteiger partial charge in [-0.1, -0.05) is 24.9 Å². The lowest BCUT2D eigenvalue weighted by Crippen LogP contribution is -2.53. The van der Waals surface area contributed by atoms with Crippen LogP contribution in [0.4, 0.5) is 4.39 Å². The van der Waals surface area contributed by atoms with Gasteiger partial charge in [0.05, 0.1) is 12.7 Å². The van der Waals surface area contributed by atoms with E-state index in [2.05, 4.69) is 4.90 Å². The fraction of sp³-hybridized carbons (Fsp3) is 0.625. The highest BCUT2D eigenvalue weighted by atomic mass is 35.5. The minimum Gasteiger partial charge on any atom is -0.396 e. The standard InChI is InChI=1S/C16H23ClFNO2/c1-2-6-16(11-20)10-19(7-5-15(16)21)9-12-8-13(18)3-4-14(12)17/h3-4,8,15,20-21H,2,5-7,9-11H2,1H3/t15-,16-/m0/s1. The van der Waals surface area contributed by atoms with Crippen LogP contribution in [0.1, 0.15) is 31.7 Å². The van der Waals surface area contributed by atoms with Crippen molar-refractivity contribution in [2.24, 2.45) is 5.41 Å². The molecule has 0 spiro atoms. The van der Waals surface area contributed by atoms with Crippen LogP contribution in [-0.4, -0.2) is 40.9 Å². The molecule has 3 nitrogen and oxygen atoms in total. The van der Waals surface area contributed by atoms with Crippen molar-refractivity contribution in [3.63, 3.8) is 0 Å². The van der Waals surface area contributed by atoms with E-state index in [9.17, 15) is 14.6 Å². The summed E-state index contributed by atoms with van der Waals surface area (Å²) < 4.78 is 13.3. The third-order valence-electron chi connectivity index (χ3n) is 4.43. The Hall–Kier alpha value is -0.680. The molecular weight excluding hydrogens is 293 g/mol. The van der Waals surface area contributed by atoms with Crippen molar-refractivity contribution >= 4 is 11.6 Å². The Morgan fingerprint density at radius 2 is 2.24 bits per heavy atom. The number of nitrogens with zero attached hydrogens (tertiary/aromatic N) is 1. The SMILES string of the molecule is CCC[C@@]1(CO)CN(Cc2cc(F)ccc2Cl)CC[C@@H]1O. The fourth-order valence-corrected chi connectivity index (χ4v) is 3.44. The first-order chi connectivity index (χ1) is 10.0. The van der Waals surface area contributed by atoms with E-state index >= 15 is 0 Å². The van der Waals surface area contributed by atoms with Gasteiger partial charge >= 0.3 is 0 Å². The van der Waals surface area contributed by atoms with E-state index in [0.29, 0.717) is 24.5 Å². The summed E-state index contributed by atoms with van der Waals surface area (Å²) in [5.74, 6) is -0.298. The van der Waals surface area contributed by atoms with Gasteiger partial charge in [-0.25, -0.2) is 4.39 Å². The molecule has 0 aliphatic carbocycles. The average Bonchev–Trinajstić information content (AvgIpc) is 2.46. The van der Waals surface area contributed by atoms with Gasteiger partial charge in [0.25, 0.3) is 0 Å². The van der Waals surface area contributed by atoms with Gasteiger partial charge in [0.15, 0.2) is 0 Å². The highest BCUT2D eigenvalue weighted by molar-refractivity contribution is 6.31. The first-order valence-electron chi connectivity index (χ1n) is 7.46. The lowest BCUT2D eigenvalue weighted by Gasteiger charge is -2.45. The van der Waals surface area contributed by atoms with Crippen LogP contribution in [0.5, 0.6) is 0 Å². The molecule has 1 fully saturated rings. The van der Waals surface area contributed by atoms with Crippen molar-refractivity contribution < 1.29 is 14.6 Å². The van der Waals surface area contributed by atoms with Crippen molar-refractivity contribution in [1.29, 1.82) is 0 Å². The van der Waals surface area contributed by atoms with Crippen LogP contribution >= 0.6 is 11.6 Å². The van der Waals surface area contributed by atoms with E-state index in [-0.39, 0.29) is 12.4 Å². The lowest BCUT2D eigenvalue weighted by molar-refractivity contribution is -0.0819. The van der Waals surface area contributed by atoms with Crippen LogP contribution in [0.2, 0.25) is 5.02 Å². The van der Waals surface area contributed by atoms with Crippen molar-refractivity contribution in [1.82, 2.24) is 4.90 Å². The zero-order chi connectivity index (χ0) is 15.5. The molecule has 0 amide bonds. The van der Waals surface area contributed by atoms with Crippen LogP contribution < -0.4 is 0 Å². The third-order valence-corrected chi connectivity index (χ3v) is 4.80. The summed E-state index contributed by atoms with van der Waals surface area (Å²) >= 11 is 6.12. The molecule has 1 aliphatic rings. The fourth-order valence-electron chi connectivity index (χ4n) is 3.26. The van der Waals surface area contributed by atoms with Crippen LogP contribution in [0.15, 0.2) is 18.2 Å². The molecule has 118 valence electrons. The molecule has 2 rings (SSSR count). The highest BCUT2D eigenvalue weighted by Gasteiger charge is 2.41. The minimum absolute atomic E-state index is 0.0324. The van der Waals surface area contributed by atoms with Crippen LogP contribution in [0.25, 0.3) is 0 Å². The van der Waals surface area contributed by atoms with E-state index in [0.717, 1.165) is 24.9 Å². The number of hydrogen-bond acceptors (Lipinski definition) is 3. The van der Waals surface area contributed by atoms with Gasteiger partial charge < -0.3 is 10.2 Å². The third kappa shape index (κ3) is 3.75. The maximum atomic E-state index is 13.3. The van der Waals surface area contributed by atoms with Crippen molar-refractivity contribution in [2.75, 3.05) is 19.7 Å². The van der Waals surface area contributed by atoms with Gasteiger partial charge in [-0.2, -0.15) is 0 Å². The first kappa shape index (κ1) is 16.7. The van der Waals surface area contributed by atoms with Crippen molar-refractivity contribution in [3.8, 4) is 0 Å². The van der Waals surface area contributed by atoms with E-state index in [1.54, 1.807) is 6.07 Å². The molecule has 0 aromatic heterocycles. The summed E-state index contributed by atoms with van der Waals surface area (Å²) in [5, 5.41) is 20.6. The number of benzene rings is 1. The van der Waals surface area contributed by atoms with Crippen LogP contribution in [-0.2, 0) is 6.54 Å². The molecule has 1 saturated heterocycles. The Morgan fingerprint density at radius 3 is 2.90 bits per heavy atom. The summed E-state index contributed by atoms with van der Waals surface area (Å²) in [6.07, 6.45) is 1.82. The number of hydrogen-bond donors (Lipinski definition) is 2. The second-order valence-electron chi connectivity index (χ2n) is 6.02. The molecular formula is C16H23ClFNO2. The normalized spacial score (nSPS) is 27.0. The minimum atomic E-state index is -0.485. The lowest BCUT2D eigenvalue weighted by atomic mass is 9.74. The molecule has 5 heteroatoms. The molecule has 1 aromatic rings. The molecule has 0 saturated carbocycles. The monoisotopic (exact) mass is 315 g/mol. The maximum Gasteiger partial charge on any atom is 0.123 e. The highest BCUT2D eigenvalue weighted by Crippen LogP contribution is 2.35. The molecule has 2 atom stereocenters. The average molecular weight is 316 g/mol. The van der Waals surface area contributed by atoms with Gasteiger partial charge in [0.1, 0.15) is 5.82 Å². The van der Waals surface area contributed by atoms with E-state index < -0.39 is 11.5 Å². The molecule has 0 bridgehead atoms. The Balaban J connectivity index is 2.12. The number of aliphatic hydroxyl groups excluding tert-OH is 2. The zero-order valence-electron chi connectivity index (χ0n) is 12.4. The molecule has 0 radical (unpaired) electrons. The molecule has 0 unspecified atom stereocenters. The van der Waals surface area contributed by atoms with Crippen LogP contribution in [0.3, 0.4) is 0 Å². The molecule has 1 heterocycles. The quantitative estimate of drug-likeness (QED) is 0.878. The van der Waals surface area contributed by atoms with E-state index in [1.807, 2.05) is 6.92 Å². The Bertz CT molecular complexity index is 485. The van der Waals surface area contributed by atoms with Gasteiger partial charge in [0, 0.05) is 30.1 Å². The Morgan fingerprint density at radius 1 is 1.48 bits per heavy atom. The first-order valence-corrected chi connectivity index (χ1v) is 7.84. The van der Waals surface area contributed by atoms with Crippen LogP contribution in [0, 0.1) is 11.2 Å². The van der Waals surface area contributed by atoms with E-state index in [1.165, 1.54) is 12.1 Å². The van der Waals surface area contributed by atoms with Gasteiger partial charge in [0.2, 0.25) is 0 Å². The number of likely N-dealkylation sites (tertiary alicyclic amines) is 1. The van der Waals surface area contributed by atoms with E-state index in [4.69, 9.17) is 11.6 Å². The summed E-state index contributed by atoms with van der Waals surface area (Å²) in [6, 6.07) is 4.37. The Labute approximate surface area is 130 Å². The zero-order valence-corrected chi connectivity index (χ0v) is 13.1. The summed E-state index contributed by atoms with van der Waals surface area (Å²) in [4.78, 5) is 2.14. The molecule has 1 aliphatic heterocycles. The predicted octanol–water partition coefficient (Wildman–Crippen LogP) is 2.82. The predicted molar refractivity (Wildman–Crippen MR) is 81.7 cm³/mol. The van der Waals surface area contributed by atoms with Crippen molar-refractivity contribution in [2.45, 2.75) is 38.8 Å². The summed E-state index contributed by atoms with van der Waals surface area (Å²) in [7, 11) is 0. The Kier molecular flexibility index (Phi) is 5.60. The van der Waals surface area contributed by atoms with Crippen molar-refractivity contribution in [3.05, 3.63) is 34.6 Å². The second kappa shape index (κ2) is 7.05. The summed E-state index contributed by atoms with van der Waals surface area (Å²) in [6.45, 7) is 3.88. The molecule has 1 aromatic carbocycles. The maximum absolute atomic E-state index is 13.3. The molecule has 2 N–H and O–H groups in total. The molecule has 21 heavy (non-hydrogen) atoms. The second-order valence-corrected chi connectivity index (χ2v) is 6.43. The van der Waals surface area contributed by atoms with Gasteiger partial charge in [-0.05, 0) is 36.6 Å². The number of aliphatic hydroxyl groups is 2. The summed E-state index contributed by atoms with van der Waals surface area (Å²) in [5.41, 5.74) is 0.267. The van der Waals surface area contributed by atoms with Gasteiger partial charge in [-0.15, -0.1) is 0 Å². The smallest absolute Gasteiger partial charge is 0.123 e. The number of rotatable bonds is 5.